The predicted molar refractivity (Wildman–Crippen MR) is 122 cm³/mol. The number of likely N-dealkylation sites (N-methyl/N-ethyl adjacent to an activating group) is 1. The zero-order chi connectivity index (χ0) is 21.4. The lowest BCUT2D eigenvalue weighted by molar-refractivity contribution is -0.145. The van der Waals surface area contributed by atoms with Crippen molar-refractivity contribution in [2.24, 2.45) is 0 Å². The summed E-state index contributed by atoms with van der Waals surface area (Å²) in [6, 6.07) is 29.9. The third-order valence-electron chi connectivity index (χ3n) is 5.19. The maximum absolute atomic E-state index is 11.7. The molecule has 3 aromatic rings. The fourth-order valence-corrected chi connectivity index (χ4v) is 5.22. The Labute approximate surface area is 181 Å². The van der Waals surface area contributed by atoms with E-state index in [9.17, 15) is 14.7 Å². The number of carbonyl (C=O) groups excluding carboxylic acids is 1. The third kappa shape index (κ3) is 4.57. The van der Waals surface area contributed by atoms with Gasteiger partial charge in [-0.25, -0.2) is 4.79 Å². The Morgan fingerprint density at radius 2 is 1.30 bits per heavy atom. The molecule has 0 aliphatic heterocycles. The Morgan fingerprint density at radius 1 is 0.900 bits per heavy atom. The molecule has 0 saturated carbocycles. The number of amides is 1. The zero-order valence-electron chi connectivity index (χ0n) is 16.8. The van der Waals surface area contributed by atoms with Gasteiger partial charge in [-0.1, -0.05) is 91.0 Å². The van der Waals surface area contributed by atoms with Crippen LogP contribution in [0.2, 0.25) is 0 Å². The van der Waals surface area contributed by atoms with E-state index in [4.69, 9.17) is 0 Å². The highest BCUT2D eigenvalue weighted by atomic mass is 32.2. The molecule has 0 bridgehead atoms. The van der Waals surface area contributed by atoms with Gasteiger partial charge < -0.3 is 10.0 Å². The minimum Gasteiger partial charge on any atom is -0.480 e. The lowest BCUT2D eigenvalue weighted by Gasteiger charge is -2.36. The van der Waals surface area contributed by atoms with Crippen LogP contribution in [0.5, 0.6) is 0 Å². The molecule has 3 rings (SSSR count). The van der Waals surface area contributed by atoms with Crippen molar-refractivity contribution in [3.63, 3.8) is 0 Å². The van der Waals surface area contributed by atoms with E-state index in [1.165, 1.54) is 11.9 Å². The van der Waals surface area contributed by atoms with Gasteiger partial charge in [-0.15, -0.1) is 11.8 Å². The number of thioether (sulfide) groups is 1. The molecule has 1 atom stereocenters. The number of carbonyl (C=O) groups is 2. The highest BCUT2D eigenvalue weighted by Crippen LogP contribution is 2.48. The van der Waals surface area contributed by atoms with Gasteiger partial charge in [0.2, 0.25) is 6.41 Å². The third-order valence-corrected chi connectivity index (χ3v) is 6.77. The molecule has 0 saturated heterocycles. The summed E-state index contributed by atoms with van der Waals surface area (Å²) in [7, 11) is 1.51. The van der Waals surface area contributed by atoms with Crippen molar-refractivity contribution in [1.82, 2.24) is 4.90 Å². The molecular formula is C25H25NO3S. The lowest BCUT2D eigenvalue weighted by atomic mass is 9.84. The molecule has 0 aliphatic rings. The van der Waals surface area contributed by atoms with Crippen LogP contribution in [0.1, 0.15) is 23.1 Å². The second-order valence-corrected chi connectivity index (χ2v) is 8.35. The van der Waals surface area contributed by atoms with Crippen LogP contribution in [-0.2, 0) is 14.3 Å². The largest absolute Gasteiger partial charge is 0.480 e. The average Bonchev–Trinajstić information content (AvgIpc) is 2.80. The molecule has 4 nitrogen and oxygen atoms in total. The lowest BCUT2D eigenvalue weighted by Crippen LogP contribution is -2.38. The summed E-state index contributed by atoms with van der Waals surface area (Å²) < 4.78 is -0.493. The first-order valence-electron chi connectivity index (χ1n) is 9.80. The van der Waals surface area contributed by atoms with Crippen molar-refractivity contribution in [1.29, 1.82) is 0 Å². The van der Waals surface area contributed by atoms with Crippen molar-refractivity contribution in [3.05, 3.63) is 108 Å². The second-order valence-electron chi connectivity index (χ2n) is 7.04. The van der Waals surface area contributed by atoms with Gasteiger partial charge in [-0.3, -0.25) is 4.79 Å². The molecule has 3 aromatic carbocycles. The van der Waals surface area contributed by atoms with Crippen molar-refractivity contribution in [2.45, 2.75) is 17.2 Å². The standard InChI is InChI=1S/C25H25NO3S/c1-26(19-27)23(24(28)29)17-18-30-25(20-11-5-2-6-12-20,21-13-7-3-8-14-21)22-15-9-4-10-16-22/h2-16,19,23H,17-18H2,1H3,(H,28,29)/t23-/m0/s1. The molecule has 0 spiro atoms. The highest BCUT2D eigenvalue weighted by molar-refractivity contribution is 8.00. The van der Waals surface area contributed by atoms with Crippen LogP contribution < -0.4 is 0 Å². The summed E-state index contributed by atoms with van der Waals surface area (Å²) in [5.41, 5.74) is 3.38. The first kappa shape index (κ1) is 21.7. The quantitative estimate of drug-likeness (QED) is 0.384. The van der Waals surface area contributed by atoms with Gasteiger partial charge in [0.15, 0.2) is 0 Å². The number of benzene rings is 3. The summed E-state index contributed by atoms with van der Waals surface area (Å²) in [4.78, 5) is 24.0. The van der Waals surface area contributed by atoms with Crippen LogP contribution in [0.3, 0.4) is 0 Å². The van der Waals surface area contributed by atoms with Gasteiger partial charge in [-0.05, 0) is 28.9 Å². The Kier molecular flexibility index (Phi) is 7.31. The van der Waals surface area contributed by atoms with Crippen molar-refractivity contribution in [2.75, 3.05) is 12.8 Å². The van der Waals surface area contributed by atoms with Gasteiger partial charge in [0.1, 0.15) is 6.04 Å². The Bertz CT molecular complexity index is 851. The maximum Gasteiger partial charge on any atom is 0.326 e. The normalized spacial score (nSPS) is 12.2. The molecule has 0 aliphatic carbocycles. The van der Waals surface area contributed by atoms with Crippen LogP contribution in [-0.4, -0.2) is 41.2 Å². The van der Waals surface area contributed by atoms with E-state index in [1.807, 2.05) is 54.6 Å². The number of rotatable bonds is 10. The number of hydrogen-bond acceptors (Lipinski definition) is 3. The Hall–Kier alpha value is -3.05. The summed E-state index contributed by atoms with van der Waals surface area (Å²) >= 11 is 1.70. The van der Waals surface area contributed by atoms with Crippen molar-refractivity contribution < 1.29 is 14.7 Å². The minimum absolute atomic E-state index is 0.351. The SMILES string of the molecule is CN(C=O)[C@@H](CCSC(c1ccccc1)(c1ccccc1)c1ccccc1)C(=O)O. The summed E-state index contributed by atoms with van der Waals surface area (Å²) in [5, 5.41) is 9.55. The van der Waals surface area contributed by atoms with Gasteiger partial charge in [0.25, 0.3) is 0 Å². The molecule has 0 radical (unpaired) electrons. The van der Waals surface area contributed by atoms with Crippen LogP contribution in [0.4, 0.5) is 0 Å². The van der Waals surface area contributed by atoms with Gasteiger partial charge in [-0.2, -0.15) is 0 Å². The number of carboxylic acid groups (broad SMARTS) is 1. The van der Waals surface area contributed by atoms with Crippen LogP contribution >= 0.6 is 11.8 Å². The van der Waals surface area contributed by atoms with E-state index < -0.39 is 16.8 Å². The molecule has 30 heavy (non-hydrogen) atoms. The molecule has 1 amide bonds. The number of aliphatic carboxylic acids is 1. The predicted octanol–water partition coefficient (Wildman–Crippen LogP) is 4.64. The van der Waals surface area contributed by atoms with E-state index in [2.05, 4.69) is 36.4 Å². The maximum atomic E-state index is 11.7. The smallest absolute Gasteiger partial charge is 0.326 e. The number of carboxylic acids is 1. The topological polar surface area (TPSA) is 57.6 Å². The number of hydrogen-bond donors (Lipinski definition) is 1. The van der Waals surface area contributed by atoms with E-state index in [-0.39, 0.29) is 0 Å². The zero-order valence-corrected chi connectivity index (χ0v) is 17.7. The van der Waals surface area contributed by atoms with Crippen molar-refractivity contribution in [3.8, 4) is 0 Å². The molecule has 154 valence electrons. The Balaban J connectivity index is 2.05. The van der Waals surface area contributed by atoms with Gasteiger partial charge >= 0.3 is 5.97 Å². The van der Waals surface area contributed by atoms with Gasteiger partial charge in [0.05, 0.1) is 4.75 Å². The first-order chi connectivity index (χ1) is 14.6. The molecule has 0 aromatic heterocycles. The summed E-state index contributed by atoms with van der Waals surface area (Å²) in [5.74, 6) is -0.427. The van der Waals surface area contributed by atoms with E-state index >= 15 is 0 Å². The molecule has 1 N–H and O–H groups in total. The average molecular weight is 420 g/mol. The molecule has 0 fully saturated rings. The van der Waals surface area contributed by atoms with Crippen LogP contribution in [0.25, 0.3) is 0 Å². The first-order valence-corrected chi connectivity index (χ1v) is 10.8. The molecule has 0 heterocycles. The van der Waals surface area contributed by atoms with Crippen LogP contribution in [0.15, 0.2) is 91.0 Å². The monoisotopic (exact) mass is 419 g/mol. The Morgan fingerprint density at radius 3 is 1.63 bits per heavy atom. The van der Waals surface area contributed by atoms with Gasteiger partial charge in [0, 0.05) is 7.05 Å². The van der Waals surface area contributed by atoms with Crippen LogP contribution in [0, 0.1) is 0 Å². The highest BCUT2D eigenvalue weighted by Gasteiger charge is 2.37. The molecule has 0 unspecified atom stereocenters. The van der Waals surface area contributed by atoms with E-state index in [0.29, 0.717) is 18.6 Å². The van der Waals surface area contributed by atoms with E-state index in [0.717, 1.165) is 16.7 Å². The van der Waals surface area contributed by atoms with E-state index in [1.54, 1.807) is 11.8 Å². The molecular weight excluding hydrogens is 394 g/mol. The summed E-state index contributed by atoms with van der Waals surface area (Å²) in [6.45, 7) is 0. The number of nitrogens with zero attached hydrogens (tertiary/aromatic N) is 1. The fourth-order valence-electron chi connectivity index (χ4n) is 3.67. The second kappa shape index (κ2) is 10.1. The fraction of sp³-hybridized carbons (Fsp3) is 0.200. The molecule has 5 heteroatoms. The van der Waals surface area contributed by atoms with Crippen molar-refractivity contribution >= 4 is 24.1 Å². The minimum atomic E-state index is -0.991. The summed E-state index contributed by atoms with van der Waals surface area (Å²) in [6.07, 6.45) is 0.922.